The first-order valence-corrected chi connectivity index (χ1v) is 10.3. The van der Waals surface area contributed by atoms with E-state index in [-0.39, 0.29) is 5.75 Å². The predicted molar refractivity (Wildman–Crippen MR) is 98.0 cm³/mol. The first-order valence-electron chi connectivity index (χ1n) is 8.72. The van der Waals surface area contributed by atoms with E-state index in [4.69, 9.17) is 4.74 Å². The van der Waals surface area contributed by atoms with Gasteiger partial charge in [0.1, 0.15) is 5.75 Å². The number of ether oxygens (including phenoxy) is 1. The Morgan fingerprint density at radius 2 is 1.79 bits per heavy atom. The standard InChI is InChI=1S/C18H30N2O3S/c1-5-10-24(21,22)20-8-6-17(7-9-20)19-13-16-11-14(2)18(23-4)15(3)12-16/h11-12,17,19H,5-10,13H2,1-4H3. The number of methoxy groups -OCH3 is 1. The third-order valence-corrected chi connectivity index (χ3v) is 6.70. The fraction of sp³-hybridized carbons (Fsp3) is 0.667. The lowest BCUT2D eigenvalue weighted by Crippen LogP contribution is -2.45. The van der Waals surface area contributed by atoms with Crippen LogP contribution in [0.1, 0.15) is 42.9 Å². The first-order chi connectivity index (χ1) is 11.4. The first kappa shape index (κ1) is 19.2. The molecule has 0 saturated carbocycles. The minimum Gasteiger partial charge on any atom is -0.496 e. The van der Waals surface area contributed by atoms with Crippen LogP contribution in [0.3, 0.4) is 0 Å². The van der Waals surface area contributed by atoms with Gasteiger partial charge in [-0.25, -0.2) is 12.7 Å². The van der Waals surface area contributed by atoms with Gasteiger partial charge in [0.05, 0.1) is 12.9 Å². The van der Waals surface area contributed by atoms with E-state index in [1.165, 1.54) is 5.56 Å². The summed E-state index contributed by atoms with van der Waals surface area (Å²) < 4.78 is 31.3. The molecule has 1 saturated heterocycles. The molecule has 1 aromatic carbocycles. The van der Waals surface area contributed by atoms with Crippen LogP contribution in [-0.2, 0) is 16.6 Å². The molecule has 0 radical (unpaired) electrons. The van der Waals surface area contributed by atoms with Gasteiger partial charge in [-0.2, -0.15) is 0 Å². The Hall–Kier alpha value is -1.11. The second-order valence-electron chi connectivity index (χ2n) is 6.63. The Balaban J connectivity index is 1.87. The number of aryl methyl sites for hydroxylation is 2. The zero-order chi connectivity index (χ0) is 17.7. The van der Waals surface area contributed by atoms with Crippen molar-refractivity contribution in [2.45, 2.75) is 52.6 Å². The Kier molecular flexibility index (Phi) is 6.66. The highest BCUT2D eigenvalue weighted by atomic mass is 32.2. The molecule has 1 aromatic rings. The van der Waals surface area contributed by atoms with Crippen molar-refractivity contribution < 1.29 is 13.2 Å². The molecule has 24 heavy (non-hydrogen) atoms. The summed E-state index contributed by atoms with van der Waals surface area (Å²) in [4.78, 5) is 0. The van der Waals surface area contributed by atoms with E-state index in [1.807, 2.05) is 6.92 Å². The van der Waals surface area contributed by atoms with Gasteiger partial charge in [-0.1, -0.05) is 19.1 Å². The summed E-state index contributed by atoms with van der Waals surface area (Å²) in [6, 6.07) is 4.68. The third kappa shape index (κ3) is 4.71. The number of nitrogens with zero attached hydrogens (tertiary/aromatic N) is 1. The Labute approximate surface area is 146 Å². The number of benzene rings is 1. The quantitative estimate of drug-likeness (QED) is 0.818. The summed E-state index contributed by atoms with van der Waals surface area (Å²) in [5.74, 6) is 1.21. The SMILES string of the molecule is CCCS(=O)(=O)N1CCC(NCc2cc(C)c(OC)c(C)c2)CC1. The second-order valence-corrected chi connectivity index (χ2v) is 8.72. The van der Waals surface area contributed by atoms with Crippen LogP contribution in [0.15, 0.2) is 12.1 Å². The smallest absolute Gasteiger partial charge is 0.214 e. The van der Waals surface area contributed by atoms with Crippen LogP contribution in [-0.4, -0.2) is 44.7 Å². The van der Waals surface area contributed by atoms with Crippen molar-refractivity contribution in [2.75, 3.05) is 26.0 Å². The van der Waals surface area contributed by atoms with Crippen LogP contribution in [0.5, 0.6) is 5.75 Å². The molecule has 1 N–H and O–H groups in total. The van der Waals surface area contributed by atoms with Crippen molar-refractivity contribution in [3.8, 4) is 5.75 Å². The van der Waals surface area contributed by atoms with Crippen LogP contribution < -0.4 is 10.1 Å². The molecule has 0 aromatic heterocycles. The molecule has 5 nitrogen and oxygen atoms in total. The van der Waals surface area contributed by atoms with Gasteiger partial charge in [0.25, 0.3) is 0 Å². The molecule has 0 unspecified atom stereocenters. The van der Waals surface area contributed by atoms with E-state index in [1.54, 1.807) is 11.4 Å². The largest absolute Gasteiger partial charge is 0.496 e. The zero-order valence-corrected chi connectivity index (χ0v) is 16.1. The maximum absolute atomic E-state index is 12.1. The summed E-state index contributed by atoms with van der Waals surface area (Å²) in [5, 5.41) is 3.57. The molecule has 1 fully saturated rings. The Bertz CT molecular complexity index is 627. The van der Waals surface area contributed by atoms with Crippen molar-refractivity contribution in [1.29, 1.82) is 0 Å². The van der Waals surface area contributed by atoms with Gasteiger partial charge in [-0.05, 0) is 49.8 Å². The Morgan fingerprint density at radius 1 is 1.21 bits per heavy atom. The van der Waals surface area contributed by atoms with Crippen molar-refractivity contribution in [2.24, 2.45) is 0 Å². The molecular formula is C18H30N2O3S. The zero-order valence-electron chi connectivity index (χ0n) is 15.3. The molecule has 136 valence electrons. The number of hydrogen-bond acceptors (Lipinski definition) is 4. The summed E-state index contributed by atoms with van der Waals surface area (Å²) >= 11 is 0. The van der Waals surface area contributed by atoms with Gasteiger partial charge >= 0.3 is 0 Å². The van der Waals surface area contributed by atoms with Gasteiger partial charge in [0.2, 0.25) is 10.0 Å². The molecule has 0 spiro atoms. The lowest BCUT2D eigenvalue weighted by molar-refractivity contribution is 0.288. The van der Waals surface area contributed by atoms with Crippen molar-refractivity contribution in [3.05, 3.63) is 28.8 Å². The minimum atomic E-state index is -3.05. The minimum absolute atomic E-state index is 0.259. The molecule has 1 heterocycles. The maximum atomic E-state index is 12.1. The van der Waals surface area contributed by atoms with Gasteiger partial charge in [-0.3, -0.25) is 0 Å². The molecule has 0 amide bonds. The lowest BCUT2D eigenvalue weighted by atomic mass is 10.0. The van der Waals surface area contributed by atoms with Gasteiger partial charge < -0.3 is 10.1 Å². The van der Waals surface area contributed by atoms with Gasteiger partial charge in [0.15, 0.2) is 0 Å². The highest BCUT2D eigenvalue weighted by Crippen LogP contribution is 2.24. The van der Waals surface area contributed by atoms with Crippen molar-refractivity contribution >= 4 is 10.0 Å². The van der Waals surface area contributed by atoms with E-state index in [0.717, 1.165) is 36.3 Å². The monoisotopic (exact) mass is 354 g/mol. The molecule has 0 atom stereocenters. The molecule has 0 aliphatic carbocycles. The molecular weight excluding hydrogens is 324 g/mol. The van der Waals surface area contributed by atoms with Crippen LogP contribution in [0, 0.1) is 13.8 Å². The van der Waals surface area contributed by atoms with Crippen LogP contribution in [0.25, 0.3) is 0 Å². The van der Waals surface area contributed by atoms with E-state index < -0.39 is 10.0 Å². The molecule has 1 aliphatic rings. The fourth-order valence-corrected chi connectivity index (χ4v) is 4.99. The highest BCUT2D eigenvalue weighted by Gasteiger charge is 2.26. The number of piperidine rings is 1. The molecule has 1 aliphatic heterocycles. The molecule has 2 rings (SSSR count). The topological polar surface area (TPSA) is 58.6 Å². The molecule has 0 bridgehead atoms. The Morgan fingerprint density at radius 3 is 2.29 bits per heavy atom. The predicted octanol–water partition coefficient (Wildman–Crippen LogP) is 2.61. The van der Waals surface area contributed by atoms with Crippen LogP contribution in [0.2, 0.25) is 0 Å². The normalized spacial score (nSPS) is 17.2. The average Bonchev–Trinajstić information content (AvgIpc) is 2.53. The van der Waals surface area contributed by atoms with E-state index in [0.29, 0.717) is 25.6 Å². The average molecular weight is 355 g/mol. The molecule has 6 heteroatoms. The highest BCUT2D eigenvalue weighted by molar-refractivity contribution is 7.89. The van der Waals surface area contributed by atoms with E-state index in [9.17, 15) is 8.42 Å². The number of rotatable bonds is 7. The van der Waals surface area contributed by atoms with Crippen molar-refractivity contribution in [3.63, 3.8) is 0 Å². The summed E-state index contributed by atoms with van der Waals surface area (Å²) in [7, 11) is -1.35. The third-order valence-electron chi connectivity index (χ3n) is 4.63. The van der Waals surface area contributed by atoms with Gasteiger partial charge in [-0.15, -0.1) is 0 Å². The summed E-state index contributed by atoms with van der Waals surface area (Å²) in [6.45, 7) is 8.09. The van der Waals surface area contributed by atoms with Crippen LogP contribution >= 0.6 is 0 Å². The fourth-order valence-electron chi connectivity index (χ4n) is 3.45. The van der Waals surface area contributed by atoms with Gasteiger partial charge in [0, 0.05) is 25.7 Å². The lowest BCUT2D eigenvalue weighted by Gasteiger charge is -2.31. The number of sulfonamides is 1. The summed E-state index contributed by atoms with van der Waals surface area (Å²) in [6.07, 6.45) is 2.42. The number of hydrogen-bond donors (Lipinski definition) is 1. The second kappa shape index (κ2) is 8.32. The van der Waals surface area contributed by atoms with E-state index >= 15 is 0 Å². The number of nitrogens with one attached hydrogen (secondary N) is 1. The van der Waals surface area contributed by atoms with E-state index in [2.05, 4.69) is 31.3 Å². The van der Waals surface area contributed by atoms with Crippen LogP contribution in [0.4, 0.5) is 0 Å². The maximum Gasteiger partial charge on any atom is 0.214 e. The summed E-state index contributed by atoms with van der Waals surface area (Å²) in [5.41, 5.74) is 3.54. The van der Waals surface area contributed by atoms with Crippen molar-refractivity contribution in [1.82, 2.24) is 9.62 Å².